The van der Waals surface area contributed by atoms with Crippen LogP contribution in [0, 0.1) is 5.41 Å². The lowest BCUT2D eigenvalue weighted by Gasteiger charge is -2.39. The number of piperidine rings is 1. The van der Waals surface area contributed by atoms with Crippen LogP contribution >= 0.6 is 0 Å². The number of carboxylic acids is 1. The Morgan fingerprint density at radius 3 is 2.42 bits per heavy atom. The average molecular weight is 272 g/mol. The Morgan fingerprint density at radius 1 is 1.42 bits per heavy atom. The van der Waals surface area contributed by atoms with Gasteiger partial charge >= 0.3 is 5.97 Å². The maximum Gasteiger partial charge on any atom is 0.309 e. The second kappa shape index (κ2) is 6.86. The van der Waals surface area contributed by atoms with Crippen molar-refractivity contribution in [2.45, 2.75) is 38.6 Å². The first kappa shape index (κ1) is 15.9. The molecule has 1 atom stereocenters. The predicted molar refractivity (Wildman–Crippen MR) is 70.6 cm³/mol. The van der Waals surface area contributed by atoms with Gasteiger partial charge in [-0.3, -0.25) is 9.59 Å². The van der Waals surface area contributed by atoms with E-state index in [1.54, 1.807) is 12.0 Å². The number of rotatable bonds is 6. The average Bonchev–Trinajstić information content (AvgIpc) is 2.43. The van der Waals surface area contributed by atoms with E-state index in [1.165, 1.54) is 0 Å². The van der Waals surface area contributed by atoms with Gasteiger partial charge in [0.25, 0.3) is 0 Å². The molecular weight excluding hydrogens is 248 g/mol. The lowest BCUT2D eigenvalue weighted by Crippen LogP contribution is -2.51. The molecular formula is C13H24N2O4. The summed E-state index contributed by atoms with van der Waals surface area (Å²) < 4.78 is 4.90. The van der Waals surface area contributed by atoms with Crippen molar-refractivity contribution in [3.63, 3.8) is 0 Å². The zero-order valence-electron chi connectivity index (χ0n) is 11.7. The van der Waals surface area contributed by atoms with Crippen LogP contribution in [0.1, 0.15) is 32.6 Å². The van der Waals surface area contributed by atoms with E-state index in [-0.39, 0.29) is 5.91 Å². The van der Waals surface area contributed by atoms with Gasteiger partial charge in [0.1, 0.15) is 0 Å². The van der Waals surface area contributed by atoms with E-state index >= 15 is 0 Å². The van der Waals surface area contributed by atoms with E-state index in [2.05, 4.69) is 0 Å². The third-order valence-electron chi connectivity index (χ3n) is 4.11. The molecule has 19 heavy (non-hydrogen) atoms. The molecule has 3 N–H and O–H groups in total. The van der Waals surface area contributed by atoms with Crippen molar-refractivity contribution in [3.05, 3.63) is 0 Å². The summed E-state index contributed by atoms with van der Waals surface area (Å²) in [5, 5.41) is 9.29. The van der Waals surface area contributed by atoms with Crippen molar-refractivity contribution >= 4 is 11.9 Å². The Hall–Kier alpha value is -1.14. The number of amides is 1. The lowest BCUT2D eigenvalue weighted by molar-refractivity contribution is -0.154. The topological polar surface area (TPSA) is 92.9 Å². The van der Waals surface area contributed by atoms with Crippen molar-refractivity contribution in [1.29, 1.82) is 0 Å². The lowest BCUT2D eigenvalue weighted by atomic mass is 9.76. The standard InChI is InChI=1S/C13H24N2O4/c1-3-13(12(17)18)5-7-15(8-6-13)11(16)10(14)4-9-19-2/h10H,3-9,14H2,1-2H3,(H,17,18). The Morgan fingerprint density at radius 2 is 2.00 bits per heavy atom. The molecule has 1 aliphatic heterocycles. The molecule has 0 aliphatic carbocycles. The quantitative estimate of drug-likeness (QED) is 0.732. The smallest absolute Gasteiger partial charge is 0.309 e. The van der Waals surface area contributed by atoms with Crippen LogP contribution in [0.15, 0.2) is 0 Å². The summed E-state index contributed by atoms with van der Waals surface area (Å²) >= 11 is 0. The van der Waals surface area contributed by atoms with Crippen LogP contribution in [0.3, 0.4) is 0 Å². The molecule has 6 nitrogen and oxygen atoms in total. The van der Waals surface area contributed by atoms with Crippen molar-refractivity contribution in [3.8, 4) is 0 Å². The van der Waals surface area contributed by atoms with Gasteiger partial charge in [0, 0.05) is 26.8 Å². The maximum absolute atomic E-state index is 12.1. The zero-order valence-corrected chi connectivity index (χ0v) is 11.7. The fourth-order valence-corrected chi connectivity index (χ4v) is 2.48. The molecule has 1 saturated heterocycles. The van der Waals surface area contributed by atoms with Crippen molar-refractivity contribution in [1.82, 2.24) is 4.90 Å². The van der Waals surface area contributed by atoms with E-state index < -0.39 is 17.4 Å². The number of ether oxygens (including phenoxy) is 1. The summed E-state index contributed by atoms with van der Waals surface area (Å²) in [7, 11) is 1.57. The highest BCUT2D eigenvalue weighted by Crippen LogP contribution is 2.35. The van der Waals surface area contributed by atoms with Crippen LogP contribution in [0.4, 0.5) is 0 Å². The molecule has 1 rings (SSSR count). The summed E-state index contributed by atoms with van der Waals surface area (Å²) in [6.45, 7) is 3.28. The summed E-state index contributed by atoms with van der Waals surface area (Å²) in [5.41, 5.74) is 5.13. The number of hydrogen-bond donors (Lipinski definition) is 2. The molecule has 0 bridgehead atoms. The van der Waals surface area contributed by atoms with E-state index in [4.69, 9.17) is 10.5 Å². The Kier molecular flexibility index (Phi) is 5.75. The van der Waals surface area contributed by atoms with Crippen LogP contribution in [0.25, 0.3) is 0 Å². The first-order chi connectivity index (χ1) is 8.96. The number of likely N-dealkylation sites (tertiary alicyclic amines) is 1. The van der Waals surface area contributed by atoms with Gasteiger partial charge in [0.2, 0.25) is 5.91 Å². The highest BCUT2D eigenvalue weighted by Gasteiger charge is 2.41. The predicted octanol–water partition coefficient (Wildman–Crippen LogP) is 0.454. The van der Waals surface area contributed by atoms with Crippen molar-refractivity contribution < 1.29 is 19.4 Å². The number of carbonyl (C=O) groups excluding carboxylic acids is 1. The van der Waals surface area contributed by atoms with Crippen molar-refractivity contribution in [2.24, 2.45) is 11.1 Å². The molecule has 0 radical (unpaired) electrons. The molecule has 1 unspecified atom stereocenters. The summed E-state index contributed by atoms with van der Waals surface area (Å²) in [5.74, 6) is -0.863. The van der Waals surface area contributed by atoms with E-state index in [0.717, 1.165) is 0 Å². The molecule has 0 aromatic carbocycles. The molecule has 0 spiro atoms. The molecule has 1 amide bonds. The highest BCUT2D eigenvalue weighted by molar-refractivity contribution is 5.82. The fraction of sp³-hybridized carbons (Fsp3) is 0.846. The zero-order chi connectivity index (χ0) is 14.5. The Balaban J connectivity index is 2.53. The number of methoxy groups -OCH3 is 1. The molecule has 0 saturated carbocycles. The molecule has 1 heterocycles. The molecule has 1 fully saturated rings. The monoisotopic (exact) mass is 272 g/mol. The van der Waals surface area contributed by atoms with Gasteiger partial charge in [-0.2, -0.15) is 0 Å². The van der Waals surface area contributed by atoms with Gasteiger partial charge in [0.15, 0.2) is 0 Å². The van der Waals surface area contributed by atoms with Gasteiger partial charge in [0.05, 0.1) is 11.5 Å². The van der Waals surface area contributed by atoms with Crippen LogP contribution in [0.2, 0.25) is 0 Å². The Bertz CT molecular complexity index is 325. The minimum Gasteiger partial charge on any atom is -0.481 e. The Labute approximate surface area is 113 Å². The highest BCUT2D eigenvalue weighted by atomic mass is 16.5. The van der Waals surface area contributed by atoms with Gasteiger partial charge in [-0.25, -0.2) is 0 Å². The van der Waals surface area contributed by atoms with Gasteiger partial charge < -0.3 is 20.5 Å². The fourth-order valence-electron chi connectivity index (χ4n) is 2.48. The van der Waals surface area contributed by atoms with Crippen LogP contribution in [-0.4, -0.2) is 54.7 Å². The van der Waals surface area contributed by atoms with Crippen LogP contribution in [-0.2, 0) is 14.3 Å². The first-order valence-electron chi connectivity index (χ1n) is 6.73. The molecule has 0 aromatic heterocycles. The molecule has 110 valence electrons. The number of nitrogens with two attached hydrogens (primary N) is 1. The SMILES string of the molecule is CCC1(C(=O)O)CCN(C(=O)C(N)CCOC)CC1. The number of hydrogen-bond acceptors (Lipinski definition) is 4. The largest absolute Gasteiger partial charge is 0.481 e. The minimum absolute atomic E-state index is 0.104. The second-order valence-corrected chi connectivity index (χ2v) is 5.15. The summed E-state index contributed by atoms with van der Waals surface area (Å²) in [6, 6.07) is -0.557. The van der Waals surface area contributed by atoms with Gasteiger partial charge in [-0.05, 0) is 25.7 Å². The summed E-state index contributed by atoms with van der Waals surface area (Å²) in [6.07, 6.45) is 2.09. The minimum atomic E-state index is -0.759. The van der Waals surface area contributed by atoms with Crippen LogP contribution < -0.4 is 5.73 Å². The number of carbonyl (C=O) groups is 2. The normalized spacial score (nSPS) is 20.1. The van der Waals surface area contributed by atoms with Crippen molar-refractivity contribution in [2.75, 3.05) is 26.8 Å². The molecule has 1 aliphatic rings. The van der Waals surface area contributed by atoms with Crippen LogP contribution in [0.5, 0.6) is 0 Å². The van der Waals surface area contributed by atoms with E-state index in [0.29, 0.717) is 45.4 Å². The van der Waals surface area contributed by atoms with E-state index in [1.807, 2.05) is 6.92 Å². The van der Waals surface area contributed by atoms with E-state index in [9.17, 15) is 14.7 Å². The van der Waals surface area contributed by atoms with Gasteiger partial charge in [-0.1, -0.05) is 6.92 Å². The third kappa shape index (κ3) is 3.67. The third-order valence-corrected chi connectivity index (χ3v) is 4.11. The summed E-state index contributed by atoms with van der Waals surface area (Å²) in [4.78, 5) is 25.1. The second-order valence-electron chi connectivity index (χ2n) is 5.15. The number of aliphatic carboxylic acids is 1. The number of carboxylic acid groups (broad SMARTS) is 1. The van der Waals surface area contributed by atoms with Gasteiger partial charge in [-0.15, -0.1) is 0 Å². The number of nitrogens with zero attached hydrogens (tertiary/aromatic N) is 1. The maximum atomic E-state index is 12.1. The first-order valence-corrected chi connectivity index (χ1v) is 6.73. The molecule has 6 heteroatoms. The molecule has 0 aromatic rings.